The molecule has 1 aliphatic heterocycles. The fourth-order valence-electron chi connectivity index (χ4n) is 2.72. The molecule has 0 bridgehead atoms. The summed E-state index contributed by atoms with van der Waals surface area (Å²) in [6.45, 7) is 1.25. The van der Waals surface area contributed by atoms with Crippen LogP contribution < -0.4 is 0 Å². The van der Waals surface area contributed by atoms with Crippen LogP contribution in [-0.2, 0) is 6.54 Å². The van der Waals surface area contributed by atoms with Gasteiger partial charge in [-0.05, 0) is 25.5 Å². The van der Waals surface area contributed by atoms with E-state index in [0.29, 0.717) is 12.1 Å². The molecule has 5 heteroatoms. The first-order valence-corrected chi connectivity index (χ1v) is 6.68. The first-order chi connectivity index (χ1) is 9.75. The van der Waals surface area contributed by atoms with E-state index >= 15 is 0 Å². The highest BCUT2D eigenvalue weighted by molar-refractivity contribution is 5.19. The zero-order valence-corrected chi connectivity index (χ0v) is 11.0. The molecule has 0 saturated carbocycles. The Labute approximate surface area is 116 Å². The van der Waals surface area contributed by atoms with Gasteiger partial charge in [-0.15, -0.1) is 0 Å². The molecule has 1 fully saturated rings. The van der Waals surface area contributed by atoms with Crippen LogP contribution in [0.1, 0.15) is 30.1 Å². The highest BCUT2D eigenvalue weighted by Gasteiger charge is 2.28. The summed E-state index contributed by atoms with van der Waals surface area (Å²) >= 11 is 0. The largest absolute Gasteiger partial charge is 0.290 e. The van der Waals surface area contributed by atoms with E-state index in [9.17, 15) is 8.78 Å². The van der Waals surface area contributed by atoms with E-state index in [1.54, 1.807) is 30.7 Å². The molecule has 20 heavy (non-hydrogen) atoms. The molecule has 104 valence electrons. The van der Waals surface area contributed by atoms with Crippen LogP contribution in [0.2, 0.25) is 0 Å². The second kappa shape index (κ2) is 5.63. The molecule has 2 heterocycles. The van der Waals surface area contributed by atoms with Crippen LogP contribution in [0.25, 0.3) is 0 Å². The summed E-state index contributed by atoms with van der Waals surface area (Å²) in [6.07, 6.45) is 7.03. The van der Waals surface area contributed by atoms with Crippen LogP contribution in [0.4, 0.5) is 8.78 Å². The standard InChI is InChI=1S/C15H15F2N3/c16-12-4-1-3-11(15(12)17)10-20-8-2-5-14(20)13-9-18-6-7-19-13/h1,3-4,6-7,9,14H,2,5,8,10H2. The van der Waals surface area contributed by atoms with Gasteiger partial charge in [0, 0.05) is 30.7 Å². The summed E-state index contributed by atoms with van der Waals surface area (Å²) in [5.74, 6) is -1.55. The van der Waals surface area contributed by atoms with Crippen molar-refractivity contribution in [2.45, 2.75) is 25.4 Å². The van der Waals surface area contributed by atoms with E-state index < -0.39 is 11.6 Å². The minimum atomic E-state index is -0.794. The van der Waals surface area contributed by atoms with Crippen molar-refractivity contribution in [3.05, 3.63) is 59.7 Å². The summed E-state index contributed by atoms with van der Waals surface area (Å²) in [7, 11) is 0. The lowest BCUT2D eigenvalue weighted by molar-refractivity contribution is 0.239. The second-order valence-electron chi connectivity index (χ2n) is 4.97. The third-order valence-electron chi connectivity index (χ3n) is 3.69. The van der Waals surface area contributed by atoms with Crippen molar-refractivity contribution in [1.82, 2.24) is 14.9 Å². The molecule has 1 atom stereocenters. The first-order valence-electron chi connectivity index (χ1n) is 6.68. The number of halogens is 2. The molecule has 0 N–H and O–H groups in total. The second-order valence-corrected chi connectivity index (χ2v) is 4.97. The Hall–Kier alpha value is -1.88. The van der Waals surface area contributed by atoms with Crippen molar-refractivity contribution >= 4 is 0 Å². The Morgan fingerprint density at radius 3 is 2.95 bits per heavy atom. The molecule has 3 nitrogen and oxygen atoms in total. The predicted octanol–water partition coefficient (Wildman–Crippen LogP) is 3.09. The van der Waals surface area contributed by atoms with Crippen LogP contribution in [0.15, 0.2) is 36.8 Å². The van der Waals surface area contributed by atoms with Crippen LogP contribution in [0.3, 0.4) is 0 Å². The van der Waals surface area contributed by atoms with Gasteiger partial charge in [-0.3, -0.25) is 14.9 Å². The van der Waals surface area contributed by atoms with E-state index in [1.165, 1.54) is 0 Å². The molecule has 1 aromatic carbocycles. The van der Waals surface area contributed by atoms with Crippen molar-refractivity contribution in [1.29, 1.82) is 0 Å². The predicted molar refractivity (Wildman–Crippen MR) is 70.8 cm³/mol. The van der Waals surface area contributed by atoms with Gasteiger partial charge >= 0.3 is 0 Å². The van der Waals surface area contributed by atoms with Crippen molar-refractivity contribution < 1.29 is 8.78 Å². The number of nitrogens with zero attached hydrogens (tertiary/aromatic N) is 3. The molecule has 1 saturated heterocycles. The molecular formula is C15H15F2N3. The van der Waals surface area contributed by atoms with E-state index in [4.69, 9.17) is 0 Å². The molecule has 3 rings (SSSR count). The normalized spacial score (nSPS) is 19.4. The molecule has 0 spiro atoms. The smallest absolute Gasteiger partial charge is 0.163 e. The maximum Gasteiger partial charge on any atom is 0.163 e. The Bertz CT molecular complexity index is 589. The Kier molecular flexibility index (Phi) is 3.69. The van der Waals surface area contributed by atoms with Crippen molar-refractivity contribution in [2.75, 3.05) is 6.54 Å². The SMILES string of the molecule is Fc1cccc(CN2CCCC2c2cnccn2)c1F. The monoisotopic (exact) mass is 275 g/mol. The molecule has 1 unspecified atom stereocenters. The minimum Gasteiger partial charge on any atom is -0.290 e. The average molecular weight is 275 g/mol. The summed E-state index contributed by atoms with van der Waals surface area (Å²) in [6, 6.07) is 4.44. The maximum absolute atomic E-state index is 13.8. The summed E-state index contributed by atoms with van der Waals surface area (Å²) in [4.78, 5) is 10.5. The molecule has 2 aromatic rings. The Balaban J connectivity index is 1.81. The zero-order chi connectivity index (χ0) is 13.9. The summed E-state index contributed by atoms with van der Waals surface area (Å²) < 4.78 is 27.0. The zero-order valence-electron chi connectivity index (χ0n) is 11.0. The summed E-state index contributed by atoms with van der Waals surface area (Å²) in [5.41, 5.74) is 1.28. The van der Waals surface area contributed by atoms with Crippen molar-refractivity contribution in [3.63, 3.8) is 0 Å². The lowest BCUT2D eigenvalue weighted by Crippen LogP contribution is -2.24. The van der Waals surface area contributed by atoms with Gasteiger partial charge in [0.05, 0.1) is 11.7 Å². The third kappa shape index (κ3) is 2.54. The lowest BCUT2D eigenvalue weighted by Gasteiger charge is -2.24. The Morgan fingerprint density at radius 1 is 1.25 bits per heavy atom. The molecular weight excluding hydrogens is 260 g/mol. The molecule has 0 amide bonds. The number of rotatable bonds is 3. The Morgan fingerprint density at radius 2 is 2.15 bits per heavy atom. The molecule has 1 aromatic heterocycles. The fourth-order valence-corrected chi connectivity index (χ4v) is 2.72. The van der Waals surface area contributed by atoms with Gasteiger partial charge in [0.15, 0.2) is 11.6 Å². The van der Waals surface area contributed by atoms with Gasteiger partial charge < -0.3 is 0 Å². The van der Waals surface area contributed by atoms with Gasteiger partial charge in [-0.1, -0.05) is 12.1 Å². The van der Waals surface area contributed by atoms with Crippen LogP contribution in [0.5, 0.6) is 0 Å². The number of hydrogen-bond acceptors (Lipinski definition) is 3. The minimum absolute atomic E-state index is 0.131. The molecule has 1 aliphatic rings. The van der Waals surface area contributed by atoms with E-state index in [2.05, 4.69) is 14.9 Å². The lowest BCUT2D eigenvalue weighted by atomic mass is 10.1. The van der Waals surface area contributed by atoms with Gasteiger partial charge in [0.2, 0.25) is 0 Å². The van der Waals surface area contributed by atoms with Gasteiger partial charge in [0.25, 0.3) is 0 Å². The van der Waals surface area contributed by atoms with E-state index in [0.717, 1.165) is 31.1 Å². The summed E-state index contributed by atoms with van der Waals surface area (Å²) in [5, 5.41) is 0. The number of likely N-dealkylation sites (tertiary alicyclic amines) is 1. The number of hydrogen-bond donors (Lipinski definition) is 0. The molecule has 0 radical (unpaired) electrons. The van der Waals surface area contributed by atoms with Crippen LogP contribution in [0, 0.1) is 11.6 Å². The number of benzene rings is 1. The third-order valence-corrected chi connectivity index (χ3v) is 3.69. The highest BCUT2D eigenvalue weighted by Crippen LogP contribution is 2.32. The van der Waals surface area contributed by atoms with Gasteiger partial charge in [-0.25, -0.2) is 8.78 Å². The van der Waals surface area contributed by atoms with Gasteiger partial charge in [-0.2, -0.15) is 0 Å². The van der Waals surface area contributed by atoms with Crippen LogP contribution in [-0.4, -0.2) is 21.4 Å². The topological polar surface area (TPSA) is 29.0 Å². The quantitative estimate of drug-likeness (QED) is 0.862. The molecule has 0 aliphatic carbocycles. The van der Waals surface area contributed by atoms with Crippen molar-refractivity contribution in [2.24, 2.45) is 0 Å². The van der Waals surface area contributed by atoms with E-state index in [-0.39, 0.29) is 6.04 Å². The number of aromatic nitrogens is 2. The first kappa shape index (κ1) is 13.1. The highest BCUT2D eigenvalue weighted by atomic mass is 19.2. The average Bonchev–Trinajstić information content (AvgIpc) is 2.93. The fraction of sp³-hybridized carbons (Fsp3) is 0.333. The van der Waals surface area contributed by atoms with Crippen LogP contribution >= 0.6 is 0 Å². The van der Waals surface area contributed by atoms with E-state index in [1.807, 2.05) is 0 Å². The van der Waals surface area contributed by atoms with Crippen molar-refractivity contribution in [3.8, 4) is 0 Å². The van der Waals surface area contributed by atoms with Gasteiger partial charge in [0.1, 0.15) is 0 Å². The maximum atomic E-state index is 13.8.